The number of aliphatic carboxylic acids is 2. The predicted molar refractivity (Wildman–Crippen MR) is 105 cm³/mol. The molecule has 0 radical (unpaired) electrons. The van der Waals surface area contributed by atoms with Gasteiger partial charge in [-0.3, -0.25) is 19.2 Å². The molecule has 32 heavy (non-hydrogen) atoms. The summed E-state index contributed by atoms with van der Waals surface area (Å²) in [5.41, 5.74) is 6.30. The molecule has 0 aliphatic carbocycles. The van der Waals surface area contributed by atoms with Crippen LogP contribution in [-0.4, -0.2) is 96.9 Å². The molecule has 0 aromatic carbocycles. The van der Waals surface area contributed by atoms with Crippen LogP contribution < -0.4 is 21.7 Å². The van der Waals surface area contributed by atoms with Gasteiger partial charge >= 0.3 is 11.9 Å². The third-order valence-corrected chi connectivity index (χ3v) is 4.20. The van der Waals surface area contributed by atoms with Crippen molar-refractivity contribution >= 4 is 29.7 Å². The fourth-order valence-electron chi connectivity index (χ4n) is 2.49. The number of H-pyrrole nitrogens is 1. The molecule has 0 spiro atoms. The molecule has 5 atom stereocenters. The minimum atomic E-state index is -1.81. The van der Waals surface area contributed by atoms with Crippen molar-refractivity contribution in [1.82, 2.24) is 25.9 Å². The lowest BCUT2D eigenvalue weighted by Gasteiger charge is -2.25. The van der Waals surface area contributed by atoms with Gasteiger partial charge in [-0.05, 0) is 6.92 Å². The fraction of sp³-hybridized carbons (Fsp3) is 0.529. The summed E-state index contributed by atoms with van der Waals surface area (Å²) in [6.07, 6.45) is 0.423. The molecule has 5 unspecified atom stereocenters. The number of carbonyl (C=O) groups is 5. The lowest BCUT2D eigenvalue weighted by atomic mass is 10.1. The zero-order valence-electron chi connectivity index (χ0n) is 17.0. The summed E-state index contributed by atoms with van der Waals surface area (Å²) in [7, 11) is 0. The second-order valence-electron chi connectivity index (χ2n) is 6.86. The average molecular weight is 458 g/mol. The third kappa shape index (κ3) is 8.29. The number of carbonyl (C=O) groups excluding carboxylic acids is 3. The standard InChI is InChI=1S/C17H26N6O9/c1-7(25)13(16(30)21-10(17(31)32)3-12(26)27)23-15(29)11(5-24)22-14(28)9(18)2-8-4-19-6-20-8/h4,6-7,9-11,13,24-25H,2-3,5,18H2,1H3,(H,19,20)(H,21,30)(H,22,28)(H,23,29)(H,26,27)(H,31,32). The first-order valence-corrected chi connectivity index (χ1v) is 9.33. The normalized spacial score (nSPS) is 15.5. The van der Waals surface area contributed by atoms with Gasteiger partial charge in [0.05, 0.1) is 31.5 Å². The molecular weight excluding hydrogens is 432 g/mol. The Morgan fingerprint density at radius 2 is 1.69 bits per heavy atom. The molecule has 1 aromatic heterocycles. The van der Waals surface area contributed by atoms with E-state index in [0.29, 0.717) is 5.69 Å². The van der Waals surface area contributed by atoms with Crippen LogP contribution in [0.25, 0.3) is 0 Å². The van der Waals surface area contributed by atoms with E-state index in [9.17, 15) is 34.2 Å². The van der Waals surface area contributed by atoms with Gasteiger partial charge in [-0.1, -0.05) is 0 Å². The number of carboxylic acid groups (broad SMARTS) is 2. The number of aliphatic hydroxyl groups is 2. The van der Waals surface area contributed by atoms with Gasteiger partial charge in [-0.2, -0.15) is 0 Å². The molecule has 0 bridgehead atoms. The first-order chi connectivity index (χ1) is 15.0. The molecule has 0 aliphatic heterocycles. The van der Waals surface area contributed by atoms with Gasteiger partial charge < -0.3 is 47.1 Å². The van der Waals surface area contributed by atoms with Crippen LogP contribution in [0.3, 0.4) is 0 Å². The van der Waals surface area contributed by atoms with E-state index in [1.54, 1.807) is 0 Å². The molecule has 1 aromatic rings. The van der Waals surface area contributed by atoms with Crippen LogP contribution in [0.15, 0.2) is 12.5 Å². The van der Waals surface area contributed by atoms with Gasteiger partial charge in [0.2, 0.25) is 17.7 Å². The number of nitrogens with two attached hydrogens (primary N) is 1. The number of carboxylic acids is 2. The Kier molecular flexibility index (Phi) is 10.2. The Hall–Kier alpha value is -3.56. The first kappa shape index (κ1) is 26.5. The average Bonchev–Trinajstić information content (AvgIpc) is 3.21. The molecule has 0 fully saturated rings. The van der Waals surface area contributed by atoms with E-state index in [4.69, 9.17) is 15.9 Å². The van der Waals surface area contributed by atoms with Crippen molar-refractivity contribution in [2.75, 3.05) is 6.61 Å². The maximum atomic E-state index is 12.4. The molecule has 1 rings (SSSR count). The molecule has 0 saturated heterocycles. The van der Waals surface area contributed by atoms with E-state index in [1.807, 2.05) is 5.32 Å². The van der Waals surface area contributed by atoms with Gasteiger partial charge in [-0.25, -0.2) is 9.78 Å². The van der Waals surface area contributed by atoms with Crippen LogP contribution >= 0.6 is 0 Å². The lowest BCUT2D eigenvalue weighted by molar-refractivity contribution is -0.148. The highest BCUT2D eigenvalue weighted by Crippen LogP contribution is 2.01. The SMILES string of the molecule is CC(O)C(NC(=O)C(CO)NC(=O)C(N)Cc1cnc[nH]1)C(=O)NC(CC(=O)O)C(=O)O. The highest BCUT2D eigenvalue weighted by Gasteiger charge is 2.33. The van der Waals surface area contributed by atoms with E-state index in [0.717, 1.165) is 6.92 Å². The Balaban J connectivity index is 2.78. The number of hydrogen-bond acceptors (Lipinski definition) is 9. The number of aromatic nitrogens is 2. The maximum Gasteiger partial charge on any atom is 0.326 e. The van der Waals surface area contributed by atoms with Gasteiger partial charge in [0.1, 0.15) is 18.1 Å². The monoisotopic (exact) mass is 458 g/mol. The zero-order valence-corrected chi connectivity index (χ0v) is 17.0. The van der Waals surface area contributed by atoms with Crippen LogP contribution in [0, 0.1) is 0 Å². The summed E-state index contributed by atoms with van der Waals surface area (Å²) >= 11 is 0. The molecule has 0 saturated carbocycles. The van der Waals surface area contributed by atoms with Gasteiger partial charge in [0.15, 0.2) is 0 Å². The number of rotatable bonds is 13. The highest BCUT2D eigenvalue weighted by atomic mass is 16.4. The summed E-state index contributed by atoms with van der Waals surface area (Å²) in [6.45, 7) is 0.240. The number of aliphatic hydroxyl groups excluding tert-OH is 2. The smallest absolute Gasteiger partial charge is 0.326 e. The van der Waals surface area contributed by atoms with Crippen molar-refractivity contribution < 1.29 is 44.4 Å². The molecule has 15 heteroatoms. The molecule has 3 amide bonds. The molecule has 1 heterocycles. The number of amides is 3. The minimum absolute atomic E-state index is 0.0600. The first-order valence-electron chi connectivity index (χ1n) is 9.33. The van der Waals surface area contributed by atoms with E-state index < -0.39 is 73.0 Å². The molecule has 0 aliphatic rings. The van der Waals surface area contributed by atoms with Crippen molar-refractivity contribution in [3.63, 3.8) is 0 Å². The van der Waals surface area contributed by atoms with Crippen molar-refractivity contribution in [2.24, 2.45) is 5.73 Å². The van der Waals surface area contributed by atoms with E-state index in [-0.39, 0.29) is 6.42 Å². The summed E-state index contributed by atoms with van der Waals surface area (Å²) in [5, 5.41) is 43.2. The van der Waals surface area contributed by atoms with Crippen molar-refractivity contribution in [1.29, 1.82) is 0 Å². The summed E-state index contributed by atoms with van der Waals surface area (Å²) in [6, 6.07) is -6.16. The molecule has 15 nitrogen and oxygen atoms in total. The van der Waals surface area contributed by atoms with Crippen LogP contribution in [0.4, 0.5) is 0 Å². The molecule has 10 N–H and O–H groups in total. The summed E-state index contributed by atoms with van der Waals surface area (Å²) in [4.78, 5) is 65.3. The minimum Gasteiger partial charge on any atom is -0.481 e. The third-order valence-electron chi connectivity index (χ3n) is 4.20. The number of hydrogen-bond donors (Lipinski definition) is 9. The second-order valence-corrected chi connectivity index (χ2v) is 6.86. The van der Waals surface area contributed by atoms with Crippen molar-refractivity contribution in [2.45, 2.75) is 50.0 Å². The molecule has 178 valence electrons. The van der Waals surface area contributed by atoms with Crippen molar-refractivity contribution in [3.05, 3.63) is 18.2 Å². The second kappa shape index (κ2) is 12.3. The van der Waals surface area contributed by atoms with Gasteiger partial charge in [-0.15, -0.1) is 0 Å². The quantitative estimate of drug-likeness (QED) is 0.136. The number of nitrogens with zero attached hydrogens (tertiary/aromatic N) is 1. The van der Waals surface area contributed by atoms with E-state index in [2.05, 4.69) is 20.6 Å². The Morgan fingerprint density at radius 1 is 1.06 bits per heavy atom. The van der Waals surface area contributed by atoms with Crippen LogP contribution in [-0.2, 0) is 30.4 Å². The van der Waals surface area contributed by atoms with E-state index in [1.165, 1.54) is 12.5 Å². The van der Waals surface area contributed by atoms with Crippen LogP contribution in [0.2, 0.25) is 0 Å². The summed E-state index contributed by atoms with van der Waals surface area (Å²) < 4.78 is 0. The van der Waals surface area contributed by atoms with Crippen molar-refractivity contribution in [3.8, 4) is 0 Å². The summed E-state index contributed by atoms with van der Waals surface area (Å²) in [5.74, 6) is -6.17. The maximum absolute atomic E-state index is 12.4. The number of aromatic amines is 1. The van der Waals surface area contributed by atoms with E-state index >= 15 is 0 Å². The Bertz CT molecular complexity index is 813. The Morgan fingerprint density at radius 3 is 2.16 bits per heavy atom. The van der Waals surface area contributed by atoms with Gasteiger partial charge in [0, 0.05) is 18.3 Å². The predicted octanol–water partition coefficient (Wildman–Crippen LogP) is -4.33. The van der Waals surface area contributed by atoms with Crippen LogP contribution in [0.5, 0.6) is 0 Å². The highest BCUT2D eigenvalue weighted by molar-refractivity contribution is 5.95. The Labute approximate surface area is 181 Å². The fourth-order valence-corrected chi connectivity index (χ4v) is 2.49. The topological polar surface area (TPSA) is 257 Å². The largest absolute Gasteiger partial charge is 0.481 e. The molecular formula is C17H26N6O9. The number of imidazole rings is 1. The van der Waals surface area contributed by atoms with Crippen LogP contribution in [0.1, 0.15) is 19.0 Å². The number of nitrogens with one attached hydrogen (secondary N) is 4. The zero-order chi connectivity index (χ0) is 24.4. The lowest BCUT2D eigenvalue weighted by Crippen LogP contribution is -2.60. The van der Waals surface area contributed by atoms with Gasteiger partial charge in [0.25, 0.3) is 0 Å².